The Bertz CT molecular complexity index is 546. The number of benzene rings is 1. The number of hydrogen-bond acceptors (Lipinski definition) is 2. The lowest BCUT2D eigenvalue weighted by molar-refractivity contribution is 0.665. The van der Waals surface area contributed by atoms with Crippen LogP contribution >= 0.6 is 11.6 Å². The van der Waals surface area contributed by atoms with Crippen LogP contribution in [0, 0.1) is 13.8 Å². The zero-order valence-corrected chi connectivity index (χ0v) is 12.1. The van der Waals surface area contributed by atoms with Gasteiger partial charge >= 0.3 is 0 Å². The fraction of sp³-hybridized carbons (Fsp3) is 0.312. The SMILES string of the molecule is Cc1cccnc1[C@H](CN)Cc1c(C)cccc1Cl. The van der Waals surface area contributed by atoms with E-state index in [0.29, 0.717) is 6.54 Å². The first kappa shape index (κ1) is 14.0. The van der Waals surface area contributed by atoms with E-state index in [1.807, 2.05) is 24.4 Å². The van der Waals surface area contributed by atoms with Gasteiger partial charge in [0.15, 0.2) is 0 Å². The zero-order chi connectivity index (χ0) is 13.8. The molecule has 0 aliphatic heterocycles. The van der Waals surface area contributed by atoms with Gasteiger partial charge in [-0.15, -0.1) is 0 Å². The summed E-state index contributed by atoms with van der Waals surface area (Å²) >= 11 is 6.30. The first-order valence-corrected chi connectivity index (χ1v) is 6.87. The summed E-state index contributed by atoms with van der Waals surface area (Å²) in [5.41, 5.74) is 10.6. The third-order valence-corrected chi connectivity index (χ3v) is 3.88. The molecule has 0 saturated carbocycles. The molecule has 0 fully saturated rings. The minimum Gasteiger partial charge on any atom is -0.330 e. The van der Waals surface area contributed by atoms with Gasteiger partial charge in [-0.1, -0.05) is 29.8 Å². The Morgan fingerprint density at radius 3 is 2.53 bits per heavy atom. The summed E-state index contributed by atoms with van der Waals surface area (Å²) in [4.78, 5) is 4.48. The second-order valence-corrected chi connectivity index (χ2v) is 5.28. The molecular weight excluding hydrogens is 256 g/mol. The van der Waals surface area contributed by atoms with E-state index in [4.69, 9.17) is 17.3 Å². The number of aromatic nitrogens is 1. The van der Waals surface area contributed by atoms with Crippen LogP contribution in [0.25, 0.3) is 0 Å². The van der Waals surface area contributed by atoms with Crippen LogP contribution in [0.3, 0.4) is 0 Å². The molecule has 0 saturated heterocycles. The Morgan fingerprint density at radius 2 is 1.89 bits per heavy atom. The van der Waals surface area contributed by atoms with E-state index in [0.717, 1.165) is 17.1 Å². The predicted octanol–water partition coefficient (Wildman–Crippen LogP) is 3.64. The molecule has 0 amide bonds. The fourth-order valence-electron chi connectivity index (χ4n) is 2.39. The summed E-state index contributed by atoms with van der Waals surface area (Å²) in [6.07, 6.45) is 2.66. The fourth-order valence-corrected chi connectivity index (χ4v) is 2.69. The van der Waals surface area contributed by atoms with Gasteiger partial charge in [0, 0.05) is 29.4 Å². The topological polar surface area (TPSA) is 38.9 Å². The van der Waals surface area contributed by atoms with E-state index in [1.165, 1.54) is 16.7 Å². The van der Waals surface area contributed by atoms with Crippen LogP contribution < -0.4 is 5.73 Å². The number of pyridine rings is 1. The van der Waals surface area contributed by atoms with Gasteiger partial charge in [0.1, 0.15) is 0 Å². The number of halogens is 1. The van der Waals surface area contributed by atoms with Crippen LogP contribution in [0.2, 0.25) is 5.02 Å². The lowest BCUT2D eigenvalue weighted by Crippen LogP contribution is -2.18. The van der Waals surface area contributed by atoms with Crippen molar-refractivity contribution < 1.29 is 0 Å². The molecule has 1 atom stereocenters. The lowest BCUT2D eigenvalue weighted by Gasteiger charge is -2.18. The highest BCUT2D eigenvalue weighted by atomic mass is 35.5. The molecule has 2 N–H and O–H groups in total. The highest BCUT2D eigenvalue weighted by molar-refractivity contribution is 6.31. The second-order valence-electron chi connectivity index (χ2n) is 4.88. The van der Waals surface area contributed by atoms with Crippen LogP contribution in [-0.4, -0.2) is 11.5 Å². The van der Waals surface area contributed by atoms with Gasteiger partial charge in [-0.05, 0) is 49.1 Å². The van der Waals surface area contributed by atoms with Crippen molar-refractivity contribution in [3.63, 3.8) is 0 Å². The minimum atomic E-state index is 0.208. The molecule has 2 rings (SSSR count). The normalized spacial score (nSPS) is 12.4. The molecule has 0 aliphatic rings. The highest BCUT2D eigenvalue weighted by Crippen LogP contribution is 2.27. The molecule has 2 aromatic rings. The van der Waals surface area contributed by atoms with E-state index in [-0.39, 0.29) is 5.92 Å². The average molecular weight is 275 g/mol. The quantitative estimate of drug-likeness (QED) is 0.925. The standard InChI is InChI=1S/C16H19ClN2/c1-11-5-3-7-15(17)14(11)9-13(10-18)16-12(2)6-4-8-19-16/h3-8,13H,9-10,18H2,1-2H3/t13-/m0/s1. The Morgan fingerprint density at radius 1 is 1.16 bits per heavy atom. The number of aryl methyl sites for hydroxylation is 2. The number of rotatable bonds is 4. The summed E-state index contributed by atoms with van der Waals surface area (Å²) in [6.45, 7) is 4.73. The van der Waals surface area contributed by atoms with E-state index in [2.05, 4.69) is 31.0 Å². The number of nitrogens with zero attached hydrogens (tertiary/aromatic N) is 1. The maximum Gasteiger partial charge on any atom is 0.0479 e. The molecule has 0 aliphatic carbocycles. The van der Waals surface area contributed by atoms with E-state index in [9.17, 15) is 0 Å². The lowest BCUT2D eigenvalue weighted by atomic mass is 9.91. The first-order chi connectivity index (χ1) is 9.13. The highest BCUT2D eigenvalue weighted by Gasteiger charge is 2.16. The van der Waals surface area contributed by atoms with E-state index >= 15 is 0 Å². The van der Waals surface area contributed by atoms with E-state index in [1.54, 1.807) is 0 Å². The van der Waals surface area contributed by atoms with Crippen molar-refractivity contribution >= 4 is 11.6 Å². The van der Waals surface area contributed by atoms with Crippen molar-refractivity contribution in [2.45, 2.75) is 26.2 Å². The molecule has 0 spiro atoms. The summed E-state index contributed by atoms with van der Waals surface area (Å²) in [6, 6.07) is 10.0. The number of hydrogen-bond donors (Lipinski definition) is 1. The number of nitrogens with two attached hydrogens (primary N) is 1. The molecule has 100 valence electrons. The smallest absolute Gasteiger partial charge is 0.0479 e. The molecule has 3 heteroatoms. The third-order valence-electron chi connectivity index (χ3n) is 3.52. The van der Waals surface area contributed by atoms with Crippen molar-refractivity contribution in [3.05, 3.63) is 63.9 Å². The molecule has 1 heterocycles. The van der Waals surface area contributed by atoms with Gasteiger partial charge in [0.05, 0.1) is 0 Å². The van der Waals surface area contributed by atoms with Crippen molar-refractivity contribution in [2.24, 2.45) is 5.73 Å². The maximum atomic E-state index is 6.30. The molecule has 0 unspecified atom stereocenters. The summed E-state index contributed by atoms with van der Waals surface area (Å²) in [5.74, 6) is 0.208. The summed E-state index contributed by atoms with van der Waals surface area (Å²) in [5, 5.41) is 0.812. The molecule has 0 radical (unpaired) electrons. The van der Waals surface area contributed by atoms with Crippen LogP contribution in [-0.2, 0) is 6.42 Å². The Kier molecular flexibility index (Phi) is 4.56. The molecular formula is C16H19ClN2. The van der Waals surface area contributed by atoms with Gasteiger partial charge in [-0.3, -0.25) is 4.98 Å². The van der Waals surface area contributed by atoms with Gasteiger partial charge in [0.2, 0.25) is 0 Å². The van der Waals surface area contributed by atoms with Gasteiger partial charge in [-0.25, -0.2) is 0 Å². The molecule has 2 nitrogen and oxygen atoms in total. The second kappa shape index (κ2) is 6.18. The average Bonchev–Trinajstić information content (AvgIpc) is 2.40. The van der Waals surface area contributed by atoms with Crippen molar-refractivity contribution in [1.29, 1.82) is 0 Å². The Hall–Kier alpha value is -1.38. The van der Waals surface area contributed by atoms with Crippen molar-refractivity contribution in [1.82, 2.24) is 4.98 Å². The maximum absolute atomic E-state index is 6.30. The van der Waals surface area contributed by atoms with Crippen LogP contribution in [0.4, 0.5) is 0 Å². The largest absolute Gasteiger partial charge is 0.330 e. The van der Waals surface area contributed by atoms with Gasteiger partial charge in [-0.2, -0.15) is 0 Å². The Balaban J connectivity index is 2.32. The molecule has 1 aromatic heterocycles. The van der Waals surface area contributed by atoms with E-state index < -0.39 is 0 Å². The molecule has 1 aromatic carbocycles. The predicted molar refractivity (Wildman–Crippen MR) is 80.7 cm³/mol. The van der Waals surface area contributed by atoms with Gasteiger partial charge < -0.3 is 5.73 Å². The third kappa shape index (κ3) is 3.14. The van der Waals surface area contributed by atoms with Crippen LogP contribution in [0.5, 0.6) is 0 Å². The summed E-state index contributed by atoms with van der Waals surface area (Å²) < 4.78 is 0. The van der Waals surface area contributed by atoms with Crippen molar-refractivity contribution in [3.8, 4) is 0 Å². The minimum absolute atomic E-state index is 0.208. The van der Waals surface area contributed by atoms with Crippen LogP contribution in [0.15, 0.2) is 36.5 Å². The Labute approximate surface area is 119 Å². The van der Waals surface area contributed by atoms with Crippen LogP contribution in [0.1, 0.15) is 28.3 Å². The van der Waals surface area contributed by atoms with Crippen molar-refractivity contribution in [2.75, 3.05) is 6.54 Å². The monoisotopic (exact) mass is 274 g/mol. The summed E-state index contributed by atoms with van der Waals surface area (Å²) in [7, 11) is 0. The zero-order valence-electron chi connectivity index (χ0n) is 11.4. The molecule has 0 bridgehead atoms. The molecule has 19 heavy (non-hydrogen) atoms. The first-order valence-electron chi connectivity index (χ1n) is 6.49. The van der Waals surface area contributed by atoms with Gasteiger partial charge in [0.25, 0.3) is 0 Å².